The Bertz CT molecular complexity index is 642. The predicted molar refractivity (Wildman–Crippen MR) is 99.8 cm³/mol. The smallest absolute Gasteiger partial charge is 0.0709 e. The molecule has 24 heavy (non-hydrogen) atoms. The van der Waals surface area contributed by atoms with E-state index in [0.29, 0.717) is 0 Å². The monoisotopic (exact) mass is 323 g/mol. The normalized spacial score (nSPS) is 31.1. The van der Waals surface area contributed by atoms with Gasteiger partial charge in [-0.1, -0.05) is 80.9 Å². The molecular formula is C22H29NO. The zero-order valence-corrected chi connectivity index (χ0v) is 15.0. The highest BCUT2D eigenvalue weighted by molar-refractivity contribution is 5.26. The van der Waals surface area contributed by atoms with Crippen molar-refractivity contribution in [3.05, 3.63) is 71.8 Å². The summed E-state index contributed by atoms with van der Waals surface area (Å²) in [4.78, 5) is 2.46. The van der Waals surface area contributed by atoms with Crippen LogP contribution in [-0.4, -0.2) is 22.7 Å². The van der Waals surface area contributed by atoms with Crippen molar-refractivity contribution >= 4 is 0 Å². The van der Waals surface area contributed by atoms with E-state index in [2.05, 4.69) is 86.5 Å². The Morgan fingerprint density at radius 3 is 2.08 bits per heavy atom. The maximum atomic E-state index is 11.5. The molecule has 1 N–H and O–H groups in total. The molecule has 2 aromatic rings. The summed E-state index contributed by atoms with van der Waals surface area (Å²) < 4.78 is 0. The first-order valence-electron chi connectivity index (χ1n) is 9.11. The number of aliphatic hydroxyl groups is 1. The van der Waals surface area contributed by atoms with Crippen LogP contribution in [-0.2, 0) is 0 Å². The molecule has 2 heteroatoms. The number of hydrogen-bond donors (Lipinski definition) is 1. The minimum atomic E-state index is -0.623. The average molecular weight is 323 g/mol. The van der Waals surface area contributed by atoms with E-state index in [1.165, 1.54) is 11.1 Å². The summed E-state index contributed by atoms with van der Waals surface area (Å²) >= 11 is 0. The quantitative estimate of drug-likeness (QED) is 0.858. The summed E-state index contributed by atoms with van der Waals surface area (Å²) in [5, 5.41) is 11.5. The van der Waals surface area contributed by atoms with Gasteiger partial charge in [0.15, 0.2) is 0 Å². The lowest BCUT2D eigenvalue weighted by atomic mass is 9.69. The minimum Gasteiger partial charge on any atom is -0.389 e. The summed E-state index contributed by atoms with van der Waals surface area (Å²) in [5.41, 5.74) is 1.97. The van der Waals surface area contributed by atoms with Crippen molar-refractivity contribution < 1.29 is 5.11 Å². The van der Waals surface area contributed by atoms with Crippen LogP contribution in [0.1, 0.15) is 56.3 Å². The molecule has 1 aliphatic rings. The second-order valence-corrected chi connectivity index (χ2v) is 7.29. The number of piperidine rings is 1. The molecule has 0 unspecified atom stereocenters. The molecule has 1 aliphatic heterocycles. The maximum absolute atomic E-state index is 11.5. The van der Waals surface area contributed by atoms with Crippen LogP contribution in [0.5, 0.6) is 0 Å². The lowest BCUT2D eigenvalue weighted by molar-refractivity contribution is -0.118. The number of likely N-dealkylation sites (tertiary alicyclic amines) is 1. The Hall–Kier alpha value is -1.64. The molecule has 0 aliphatic carbocycles. The second kappa shape index (κ2) is 7.08. The summed E-state index contributed by atoms with van der Waals surface area (Å²) in [7, 11) is 2.21. The van der Waals surface area contributed by atoms with E-state index in [-0.39, 0.29) is 18.0 Å². The molecular weight excluding hydrogens is 294 g/mol. The third-order valence-corrected chi connectivity index (χ3v) is 5.81. The predicted octanol–water partition coefficient (Wildman–Crippen LogP) is 4.97. The van der Waals surface area contributed by atoms with Crippen molar-refractivity contribution in [3.8, 4) is 0 Å². The molecule has 0 saturated carbocycles. The van der Waals surface area contributed by atoms with E-state index < -0.39 is 5.60 Å². The number of rotatable bonds is 4. The first kappa shape index (κ1) is 17.2. The molecule has 3 rings (SSSR count). The van der Waals surface area contributed by atoms with Gasteiger partial charge in [-0.25, -0.2) is 0 Å². The second-order valence-electron chi connectivity index (χ2n) is 7.29. The van der Waals surface area contributed by atoms with Crippen LogP contribution in [0.2, 0.25) is 0 Å². The van der Waals surface area contributed by atoms with Crippen molar-refractivity contribution in [3.63, 3.8) is 0 Å². The van der Waals surface area contributed by atoms with E-state index >= 15 is 0 Å². The fourth-order valence-electron chi connectivity index (χ4n) is 4.47. The molecule has 1 fully saturated rings. The van der Waals surface area contributed by atoms with Crippen LogP contribution in [0.15, 0.2) is 60.7 Å². The molecule has 0 amide bonds. The molecule has 128 valence electrons. The van der Waals surface area contributed by atoms with Crippen molar-refractivity contribution in [2.45, 2.75) is 50.8 Å². The van der Waals surface area contributed by atoms with Gasteiger partial charge in [-0.05, 0) is 31.0 Å². The first-order valence-corrected chi connectivity index (χ1v) is 9.11. The van der Waals surface area contributed by atoms with Crippen molar-refractivity contribution in [2.24, 2.45) is 5.92 Å². The van der Waals surface area contributed by atoms with Gasteiger partial charge in [0.1, 0.15) is 0 Å². The molecule has 1 heterocycles. The van der Waals surface area contributed by atoms with Crippen LogP contribution in [0.3, 0.4) is 0 Å². The Morgan fingerprint density at radius 1 is 1.00 bits per heavy atom. The fraction of sp³-hybridized carbons (Fsp3) is 0.455. The fourth-order valence-corrected chi connectivity index (χ4v) is 4.47. The zero-order chi connectivity index (χ0) is 17.2. The van der Waals surface area contributed by atoms with E-state index in [9.17, 15) is 5.11 Å². The highest BCUT2D eigenvalue weighted by atomic mass is 16.3. The standard InChI is InChI=1S/C22H29NO/c1-4-15-22(24)16-20(18-11-7-5-8-12-18)23(3)21(17(22)2)19-13-9-6-10-14-19/h5-14,17,20-21,24H,4,15-16H2,1-3H3/t17-,20+,21+,22-/m0/s1. The summed E-state index contributed by atoms with van der Waals surface area (Å²) in [6, 6.07) is 21.7. The Kier molecular flexibility index (Phi) is 5.07. The van der Waals surface area contributed by atoms with Crippen molar-refractivity contribution in [1.29, 1.82) is 0 Å². The van der Waals surface area contributed by atoms with E-state index in [1.54, 1.807) is 0 Å². The average Bonchev–Trinajstić information content (AvgIpc) is 2.61. The number of nitrogens with zero attached hydrogens (tertiary/aromatic N) is 1. The van der Waals surface area contributed by atoms with Gasteiger partial charge in [0.05, 0.1) is 5.60 Å². The highest BCUT2D eigenvalue weighted by Crippen LogP contribution is 2.50. The molecule has 2 aromatic carbocycles. The van der Waals surface area contributed by atoms with Crippen LogP contribution in [0, 0.1) is 5.92 Å². The zero-order valence-electron chi connectivity index (χ0n) is 15.0. The van der Waals surface area contributed by atoms with E-state index in [0.717, 1.165) is 19.3 Å². The highest BCUT2D eigenvalue weighted by Gasteiger charge is 2.48. The van der Waals surface area contributed by atoms with Gasteiger partial charge in [-0.3, -0.25) is 4.90 Å². The Labute approximate surface area is 146 Å². The van der Waals surface area contributed by atoms with Crippen LogP contribution < -0.4 is 0 Å². The van der Waals surface area contributed by atoms with Gasteiger partial charge in [-0.15, -0.1) is 0 Å². The van der Waals surface area contributed by atoms with Gasteiger partial charge >= 0.3 is 0 Å². The third kappa shape index (κ3) is 3.13. The largest absolute Gasteiger partial charge is 0.389 e. The SMILES string of the molecule is CCC[C@]1(O)C[C@H](c2ccccc2)N(C)[C@@H](c2ccccc2)[C@@H]1C. The molecule has 1 saturated heterocycles. The Morgan fingerprint density at radius 2 is 1.54 bits per heavy atom. The Balaban J connectivity index is 2.03. The van der Waals surface area contributed by atoms with Gasteiger partial charge in [-0.2, -0.15) is 0 Å². The molecule has 4 atom stereocenters. The van der Waals surface area contributed by atoms with Crippen molar-refractivity contribution in [1.82, 2.24) is 4.90 Å². The topological polar surface area (TPSA) is 23.5 Å². The van der Waals surface area contributed by atoms with Crippen molar-refractivity contribution in [2.75, 3.05) is 7.05 Å². The van der Waals surface area contributed by atoms with Gasteiger partial charge in [0.2, 0.25) is 0 Å². The lowest BCUT2D eigenvalue weighted by Gasteiger charge is -2.52. The summed E-state index contributed by atoms with van der Waals surface area (Å²) in [6.07, 6.45) is 2.66. The number of benzene rings is 2. The van der Waals surface area contributed by atoms with Gasteiger partial charge in [0.25, 0.3) is 0 Å². The van der Waals surface area contributed by atoms with Crippen LogP contribution in [0.4, 0.5) is 0 Å². The van der Waals surface area contributed by atoms with Crippen LogP contribution >= 0.6 is 0 Å². The summed E-state index contributed by atoms with van der Waals surface area (Å²) in [5.74, 6) is 0.199. The van der Waals surface area contributed by atoms with Crippen LogP contribution in [0.25, 0.3) is 0 Å². The maximum Gasteiger partial charge on any atom is 0.0709 e. The minimum absolute atomic E-state index is 0.199. The molecule has 0 radical (unpaired) electrons. The van der Waals surface area contributed by atoms with E-state index in [4.69, 9.17) is 0 Å². The molecule has 0 bridgehead atoms. The van der Waals surface area contributed by atoms with E-state index in [1.807, 2.05) is 0 Å². The summed E-state index contributed by atoms with van der Waals surface area (Å²) in [6.45, 7) is 4.38. The lowest BCUT2D eigenvalue weighted by Crippen LogP contribution is -2.52. The first-order chi connectivity index (χ1) is 11.6. The molecule has 2 nitrogen and oxygen atoms in total. The van der Waals surface area contributed by atoms with Gasteiger partial charge < -0.3 is 5.11 Å². The molecule has 0 aromatic heterocycles. The van der Waals surface area contributed by atoms with Gasteiger partial charge in [0, 0.05) is 18.0 Å². The number of hydrogen-bond acceptors (Lipinski definition) is 2. The third-order valence-electron chi connectivity index (χ3n) is 5.81. The molecule has 0 spiro atoms.